The molecule has 2 N–H and O–H groups in total. The SMILES string of the molecule is CS.Cc1ccccc1C1CC(N)C(=O)N(CC(F)(F)F)C1C. The summed E-state index contributed by atoms with van der Waals surface area (Å²) in [6, 6.07) is 6.13. The van der Waals surface area contributed by atoms with E-state index < -0.39 is 30.7 Å². The summed E-state index contributed by atoms with van der Waals surface area (Å²) in [5, 5.41) is 0. The molecule has 0 spiro atoms. The molecule has 3 unspecified atom stereocenters. The largest absolute Gasteiger partial charge is 0.406 e. The van der Waals surface area contributed by atoms with Crippen molar-refractivity contribution in [1.82, 2.24) is 4.90 Å². The Bertz CT molecular complexity index is 536. The number of hydrogen-bond donors (Lipinski definition) is 2. The molecule has 1 amide bonds. The van der Waals surface area contributed by atoms with Crippen LogP contribution in [0.2, 0.25) is 0 Å². The predicted molar refractivity (Wildman–Crippen MR) is 88.7 cm³/mol. The minimum absolute atomic E-state index is 0.179. The fourth-order valence-electron chi connectivity index (χ4n) is 3.01. The Hall–Kier alpha value is -1.21. The summed E-state index contributed by atoms with van der Waals surface area (Å²) in [7, 11) is 0. The molecule has 3 atom stereocenters. The van der Waals surface area contributed by atoms with E-state index in [-0.39, 0.29) is 5.92 Å². The van der Waals surface area contributed by atoms with Crippen LogP contribution in [0.3, 0.4) is 0 Å². The summed E-state index contributed by atoms with van der Waals surface area (Å²) < 4.78 is 38.1. The maximum absolute atomic E-state index is 12.7. The fraction of sp³-hybridized carbons (Fsp3) is 0.562. The van der Waals surface area contributed by atoms with E-state index in [1.54, 1.807) is 13.2 Å². The van der Waals surface area contributed by atoms with Crippen LogP contribution in [-0.2, 0) is 4.79 Å². The molecule has 0 aromatic heterocycles. The number of nitrogens with zero attached hydrogens (tertiary/aromatic N) is 1. The summed E-state index contributed by atoms with van der Waals surface area (Å²) in [6.07, 6.45) is -2.35. The van der Waals surface area contributed by atoms with Crippen molar-refractivity contribution in [2.75, 3.05) is 12.8 Å². The number of thiol groups is 1. The van der Waals surface area contributed by atoms with Crippen LogP contribution in [-0.4, -0.2) is 41.9 Å². The highest BCUT2D eigenvalue weighted by molar-refractivity contribution is 7.79. The van der Waals surface area contributed by atoms with Crippen molar-refractivity contribution >= 4 is 18.5 Å². The molecule has 1 aromatic carbocycles. The third-order valence-corrected chi connectivity index (χ3v) is 4.12. The summed E-state index contributed by atoms with van der Waals surface area (Å²) in [5.41, 5.74) is 7.73. The van der Waals surface area contributed by atoms with Gasteiger partial charge in [-0.3, -0.25) is 4.79 Å². The summed E-state index contributed by atoms with van der Waals surface area (Å²) >= 11 is 3.53. The molecular formula is C16H23F3N2OS. The number of benzene rings is 1. The zero-order valence-corrected chi connectivity index (χ0v) is 14.4. The lowest BCUT2D eigenvalue weighted by molar-refractivity contribution is -0.170. The van der Waals surface area contributed by atoms with Crippen molar-refractivity contribution < 1.29 is 18.0 Å². The molecule has 0 radical (unpaired) electrons. The first-order valence-electron chi connectivity index (χ1n) is 7.34. The van der Waals surface area contributed by atoms with Crippen molar-refractivity contribution in [2.24, 2.45) is 5.73 Å². The first kappa shape index (κ1) is 19.8. The number of alkyl halides is 3. The number of amides is 1. The molecule has 1 aliphatic heterocycles. The lowest BCUT2D eigenvalue weighted by Gasteiger charge is -2.42. The van der Waals surface area contributed by atoms with Gasteiger partial charge in [0, 0.05) is 12.0 Å². The predicted octanol–water partition coefficient (Wildman–Crippen LogP) is 3.14. The number of carbonyl (C=O) groups is 1. The highest BCUT2D eigenvalue weighted by Gasteiger charge is 2.43. The minimum Gasteiger partial charge on any atom is -0.329 e. The summed E-state index contributed by atoms with van der Waals surface area (Å²) in [4.78, 5) is 12.8. The molecule has 1 saturated heterocycles. The Morgan fingerprint density at radius 3 is 2.39 bits per heavy atom. The van der Waals surface area contributed by atoms with Gasteiger partial charge in [0.15, 0.2) is 0 Å². The molecule has 3 nitrogen and oxygen atoms in total. The Morgan fingerprint density at radius 2 is 1.87 bits per heavy atom. The first-order valence-corrected chi connectivity index (χ1v) is 8.23. The van der Waals surface area contributed by atoms with Crippen molar-refractivity contribution in [1.29, 1.82) is 0 Å². The number of piperidine rings is 1. The Kier molecular flexibility index (Phi) is 6.95. The van der Waals surface area contributed by atoms with Gasteiger partial charge in [-0.2, -0.15) is 25.8 Å². The van der Waals surface area contributed by atoms with E-state index in [4.69, 9.17) is 5.73 Å². The molecule has 7 heteroatoms. The standard InChI is InChI=1S/C15H19F3N2O.CH4S/c1-9-5-3-4-6-11(9)12-7-13(19)14(21)20(10(12)2)8-15(16,17)18;1-2/h3-6,10,12-13H,7-8,19H2,1-2H3;2H,1H3. The van der Waals surface area contributed by atoms with Crippen molar-refractivity contribution in [3.63, 3.8) is 0 Å². The number of carbonyl (C=O) groups excluding carboxylic acids is 1. The van der Waals surface area contributed by atoms with Gasteiger partial charge in [-0.05, 0) is 37.7 Å². The van der Waals surface area contributed by atoms with E-state index >= 15 is 0 Å². The lowest BCUT2D eigenvalue weighted by atomic mass is 9.80. The zero-order chi connectivity index (χ0) is 17.8. The van der Waals surface area contributed by atoms with Crippen LogP contribution in [0.5, 0.6) is 0 Å². The first-order chi connectivity index (χ1) is 10.7. The van der Waals surface area contributed by atoms with Crippen LogP contribution in [0.1, 0.15) is 30.4 Å². The smallest absolute Gasteiger partial charge is 0.329 e. The van der Waals surface area contributed by atoms with Crippen LogP contribution in [0.25, 0.3) is 0 Å². The summed E-state index contributed by atoms with van der Waals surface area (Å²) in [5.74, 6) is -0.800. The normalized spacial score (nSPS) is 25.0. The highest BCUT2D eigenvalue weighted by atomic mass is 32.1. The third-order valence-electron chi connectivity index (χ3n) is 4.12. The number of likely N-dealkylation sites (tertiary alicyclic amines) is 1. The molecule has 1 aromatic rings. The minimum atomic E-state index is -4.42. The van der Waals surface area contributed by atoms with Crippen LogP contribution >= 0.6 is 12.6 Å². The van der Waals surface area contributed by atoms with Gasteiger partial charge < -0.3 is 10.6 Å². The average Bonchev–Trinajstić information content (AvgIpc) is 2.49. The monoisotopic (exact) mass is 348 g/mol. The molecule has 0 aliphatic carbocycles. The Morgan fingerprint density at radius 1 is 1.30 bits per heavy atom. The quantitative estimate of drug-likeness (QED) is 0.807. The molecule has 23 heavy (non-hydrogen) atoms. The van der Waals surface area contributed by atoms with E-state index in [0.717, 1.165) is 16.0 Å². The van der Waals surface area contributed by atoms with Crippen LogP contribution in [0, 0.1) is 6.92 Å². The molecule has 1 aliphatic rings. The molecular weight excluding hydrogens is 325 g/mol. The fourth-order valence-corrected chi connectivity index (χ4v) is 3.01. The van der Waals surface area contributed by atoms with Crippen molar-refractivity contribution in [3.8, 4) is 0 Å². The van der Waals surface area contributed by atoms with Gasteiger partial charge in [0.25, 0.3) is 0 Å². The zero-order valence-electron chi connectivity index (χ0n) is 13.5. The second kappa shape index (κ2) is 8.06. The molecule has 1 heterocycles. The van der Waals surface area contributed by atoms with Gasteiger partial charge in [-0.15, -0.1) is 0 Å². The highest BCUT2D eigenvalue weighted by Crippen LogP contribution is 2.35. The van der Waals surface area contributed by atoms with Gasteiger partial charge in [-0.1, -0.05) is 24.3 Å². The van der Waals surface area contributed by atoms with E-state index in [0.29, 0.717) is 6.42 Å². The number of aryl methyl sites for hydroxylation is 1. The van der Waals surface area contributed by atoms with Crippen LogP contribution in [0.4, 0.5) is 13.2 Å². The van der Waals surface area contributed by atoms with Crippen molar-refractivity contribution in [3.05, 3.63) is 35.4 Å². The van der Waals surface area contributed by atoms with Gasteiger partial charge >= 0.3 is 6.18 Å². The molecule has 2 rings (SSSR count). The second-order valence-corrected chi connectivity index (χ2v) is 5.63. The van der Waals surface area contributed by atoms with Gasteiger partial charge in [0.1, 0.15) is 6.54 Å². The van der Waals surface area contributed by atoms with Gasteiger partial charge in [0.05, 0.1) is 6.04 Å². The second-order valence-electron chi connectivity index (χ2n) is 5.63. The van der Waals surface area contributed by atoms with Gasteiger partial charge in [0.2, 0.25) is 5.91 Å². The van der Waals surface area contributed by atoms with E-state index in [1.807, 2.05) is 31.2 Å². The van der Waals surface area contributed by atoms with Crippen molar-refractivity contribution in [2.45, 2.75) is 44.4 Å². The molecule has 0 saturated carbocycles. The maximum Gasteiger partial charge on any atom is 0.406 e. The van der Waals surface area contributed by atoms with E-state index in [1.165, 1.54) is 0 Å². The third kappa shape index (κ3) is 4.88. The number of hydrogen-bond acceptors (Lipinski definition) is 3. The Balaban J connectivity index is 0.00000127. The lowest BCUT2D eigenvalue weighted by Crippen LogP contribution is -2.57. The number of halogens is 3. The topological polar surface area (TPSA) is 46.3 Å². The number of rotatable bonds is 2. The van der Waals surface area contributed by atoms with E-state index in [9.17, 15) is 18.0 Å². The van der Waals surface area contributed by atoms with E-state index in [2.05, 4.69) is 12.6 Å². The van der Waals surface area contributed by atoms with Gasteiger partial charge in [-0.25, -0.2) is 0 Å². The van der Waals surface area contributed by atoms with Crippen LogP contribution in [0.15, 0.2) is 24.3 Å². The van der Waals surface area contributed by atoms with Crippen LogP contribution < -0.4 is 5.73 Å². The average molecular weight is 348 g/mol. The molecule has 1 fully saturated rings. The number of nitrogens with two attached hydrogens (primary N) is 1. The maximum atomic E-state index is 12.7. The Labute approximate surface area is 140 Å². The summed E-state index contributed by atoms with van der Waals surface area (Å²) in [6.45, 7) is 2.33. The molecule has 130 valence electrons. The molecule has 0 bridgehead atoms.